The molecule has 2 heterocycles. The maximum Gasteiger partial charge on any atom is 0.130 e. The lowest BCUT2D eigenvalue weighted by Crippen LogP contribution is -2.66. The van der Waals surface area contributed by atoms with Crippen LogP contribution in [0.15, 0.2) is 42.6 Å². The summed E-state index contributed by atoms with van der Waals surface area (Å²) in [6, 6.07) is 12.5. The van der Waals surface area contributed by atoms with E-state index in [-0.39, 0.29) is 5.54 Å². The Kier molecular flexibility index (Phi) is 3.43. The first kappa shape index (κ1) is 14.0. The van der Waals surface area contributed by atoms with Crippen molar-refractivity contribution in [2.24, 2.45) is 0 Å². The van der Waals surface area contributed by atoms with Crippen molar-refractivity contribution in [2.75, 3.05) is 26.0 Å². The number of rotatable bonds is 3. The van der Waals surface area contributed by atoms with E-state index in [1.54, 1.807) is 6.20 Å². The van der Waals surface area contributed by atoms with E-state index in [2.05, 4.69) is 66.5 Å². The van der Waals surface area contributed by atoms with Crippen LogP contribution >= 0.6 is 0 Å². The molecule has 1 unspecified atom stereocenters. The fraction of sp³-hybridized carbons (Fsp3) is 0.353. The molecule has 1 aliphatic rings. The molecule has 1 aliphatic heterocycles. The van der Waals surface area contributed by atoms with Crippen LogP contribution in [0.5, 0.6) is 0 Å². The molecule has 1 aromatic carbocycles. The molecule has 0 spiro atoms. The highest BCUT2D eigenvalue weighted by molar-refractivity contribution is 5.63. The molecule has 4 heteroatoms. The van der Waals surface area contributed by atoms with Crippen molar-refractivity contribution < 1.29 is 0 Å². The van der Waals surface area contributed by atoms with Crippen molar-refractivity contribution in [1.29, 1.82) is 0 Å². The number of hydrogen-bond donors (Lipinski definition) is 1. The van der Waals surface area contributed by atoms with Crippen LogP contribution in [0.3, 0.4) is 0 Å². The topological polar surface area (TPSA) is 31.4 Å². The van der Waals surface area contributed by atoms with Crippen LogP contribution in [-0.4, -0.2) is 35.6 Å². The summed E-state index contributed by atoms with van der Waals surface area (Å²) in [7, 11) is 4.25. The van der Waals surface area contributed by atoms with E-state index in [9.17, 15) is 0 Å². The molecule has 4 nitrogen and oxygen atoms in total. The zero-order chi connectivity index (χ0) is 15.0. The highest BCUT2D eigenvalue weighted by Gasteiger charge is 2.45. The maximum absolute atomic E-state index is 4.36. The monoisotopic (exact) mass is 282 g/mol. The molecule has 0 radical (unpaired) electrons. The van der Waals surface area contributed by atoms with Crippen molar-refractivity contribution in [3.8, 4) is 0 Å². The predicted molar refractivity (Wildman–Crippen MR) is 86.4 cm³/mol. The number of nitrogens with zero attached hydrogens (tertiary/aromatic N) is 3. The molecule has 0 aliphatic carbocycles. The van der Waals surface area contributed by atoms with Gasteiger partial charge in [-0.05, 0) is 37.6 Å². The standard InChI is InChI=1S/C17H22N4/c1-13-8-9-15(19-16-7-5-6-10-18-16)14(11-13)17(2)12-20(3)21(17)4/h5-11H,12H2,1-4H3,(H,18,19). The van der Waals surface area contributed by atoms with Gasteiger partial charge in [-0.25, -0.2) is 15.0 Å². The Morgan fingerprint density at radius 2 is 2.00 bits per heavy atom. The van der Waals surface area contributed by atoms with E-state index >= 15 is 0 Å². The van der Waals surface area contributed by atoms with Gasteiger partial charge in [0.25, 0.3) is 0 Å². The van der Waals surface area contributed by atoms with Crippen molar-refractivity contribution in [3.05, 3.63) is 53.7 Å². The molecule has 2 aromatic rings. The van der Waals surface area contributed by atoms with Gasteiger partial charge in [-0.3, -0.25) is 0 Å². The molecule has 1 saturated heterocycles. The van der Waals surface area contributed by atoms with Gasteiger partial charge < -0.3 is 5.32 Å². The molecular formula is C17H22N4. The summed E-state index contributed by atoms with van der Waals surface area (Å²) < 4.78 is 0. The Morgan fingerprint density at radius 1 is 1.19 bits per heavy atom. The highest BCUT2D eigenvalue weighted by atomic mass is 15.7. The summed E-state index contributed by atoms with van der Waals surface area (Å²) in [6.07, 6.45) is 1.81. The van der Waals surface area contributed by atoms with E-state index in [1.165, 1.54) is 11.1 Å². The number of likely N-dealkylation sites (N-methyl/N-ethyl adjacent to an activating group) is 2. The predicted octanol–water partition coefficient (Wildman–Crippen LogP) is 3.14. The second-order valence-corrected chi connectivity index (χ2v) is 6.00. The number of hydrazine groups is 1. The summed E-state index contributed by atoms with van der Waals surface area (Å²) in [4.78, 5) is 4.36. The first-order chi connectivity index (χ1) is 10.0. The van der Waals surface area contributed by atoms with Crippen LogP contribution in [-0.2, 0) is 5.54 Å². The fourth-order valence-corrected chi connectivity index (χ4v) is 3.00. The van der Waals surface area contributed by atoms with Gasteiger partial charge in [0.1, 0.15) is 5.82 Å². The zero-order valence-electron chi connectivity index (χ0n) is 13.1. The summed E-state index contributed by atoms with van der Waals surface area (Å²) >= 11 is 0. The number of aryl methyl sites for hydroxylation is 1. The molecule has 110 valence electrons. The van der Waals surface area contributed by atoms with Gasteiger partial charge in [-0.1, -0.05) is 23.8 Å². The molecule has 1 atom stereocenters. The van der Waals surface area contributed by atoms with Gasteiger partial charge in [-0.15, -0.1) is 0 Å². The zero-order valence-corrected chi connectivity index (χ0v) is 13.1. The van der Waals surface area contributed by atoms with Gasteiger partial charge in [0.05, 0.1) is 5.54 Å². The van der Waals surface area contributed by atoms with E-state index in [0.29, 0.717) is 0 Å². The first-order valence-corrected chi connectivity index (χ1v) is 7.25. The van der Waals surface area contributed by atoms with E-state index < -0.39 is 0 Å². The molecule has 3 rings (SSSR count). The summed E-state index contributed by atoms with van der Waals surface area (Å²) in [5, 5.41) is 7.97. The summed E-state index contributed by atoms with van der Waals surface area (Å²) in [6.45, 7) is 5.44. The van der Waals surface area contributed by atoms with Crippen LogP contribution in [0.4, 0.5) is 11.5 Å². The number of benzene rings is 1. The fourth-order valence-electron chi connectivity index (χ4n) is 3.00. The summed E-state index contributed by atoms with van der Waals surface area (Å²) in [5.41, 5.74) is 3.74. The molecule has 21 heavy (non-hydrogen) atoms. The third-order valence-electron chi connectivity index (χ3n) is 4.45. The highest BCUT2D eigenvalue weighted by Crippen LogP contribution is 2.41. The SMILES string of the molecule is Cc1ccc(Nc2ccccn2)c(C2(C)CN(C)N2C)c1. The number of nitrogens with one attached hydrogen (secondary N) is 1. The van der Waals surface area contributed by atoms with Crippen LogP contribution in [0.1, 0.15) is 18.1 Å². The van der Waals surface area contributed by atoms with Crippen molar-refractivity contribution in [3.63, 3.8) is 0 Å². The van der Waals surface area contributed by atoms with E-state index in [4.69, 9.17) is 0 Å². The normalized spacial score (nSPS) is 22.9. The van der Waals surface area contributed by atoms with Gasteiger partial charge in [-0.2, -0.15) is 0 Å². The van der Waals surface area contributed by atoms with Crippen LogP contribution < -0.4 is 5.32 Å². The Bertz CT molecular complexity index is 640. The number of hydrogen-bond acceptors (Lipinski definition) is 4. The number of pyridine rings is 1. The Balaban J connectivity index is 1.98. The molecule has 0 amide bonds. The van der Waals surface area contributed by atoms with Gasteiger partial charge >= 0.3 is 0 Å². The lowest BCUT2D eigenvalue weighted by Gasteiger charge is -2.56. The van der Waals surface area contributed by atoms with Gasteiger partial charge in [0, 0.05) is 32.5 Å². The average Bonchev–Trinajstić information content (AvgIpc) is 2.49. The minimum atomic E-state index is 0.0257. The van der Waals surface area contributed by atoms with Crippen LogP contribution in [0.2, 0.25) is 0 Å². The Labute approximate surface area is 126 Å². The lowest BCUT2D eigenvalue weighted by molar-refractivity contribution is -0.186. The second-order valence-electron chi connectivity index (χ2n) is 6.00. The van der Waals surface area contributed by atoms with Gasteiger partial charge in [0.15, 0.2) is 0 Å². The Morgan fingerprint density at radius 3 is 2.62 bits per heavy atom. The minimum absolute atomic E-state index is 0.0257. The summed E-state index contributed by atoms with van der Waals surface area (Å²) in [5.74, 6) is 0.876. The molecule has 1 aromatic heterocycles. The molecule has 0 bridgehead atoms. The molecule has 1 fully saturated rings. The van der Waals surface area contributed by atoms with Gasteiger partial charge in [0.2, 0.25) is 0 Å². The quantitative estimate of drug-likeness (QED) is 0.937. The lowest BCUT2D eigenvalue weighted by atomic mass is 9.85. The van der Waals surface area contributed by atoms with Crippen molar-refractivity contribution in [2.45, 2.75) is 19.4 Å². The number of aromatic nitrogens is 1. The van der Waals surface area contributed by atoms with Crippen molar-refractivity contribution in [1.82, 2.24) is 15.0 Å². The first-order valence-electron chi connectivity index (χ1n) is 7.25. The largest absolute Gasteiger partial charge is 0.340 e. The Hall–Kier alpha value is -1.91. The number of anilines is 2. The molecule has 0 saturated carbocycles. The average molecular weight is 282 g/mol. The molecule has 1 N–H and O–H groups in total. The smallest absolute Gasteiger partial charge is 0.130 e. The third-order valence-corrected chi connectivity index (χ3v) is 4.45. The van der Waals surface area contributed by atoms with Crippen molar-refractivity contribution >= 4 is 11.5 Å². The minimum Gasteiger partial charge on any atom is -0.340 e. The maximum atomic E-state index is 4.36. The van der Waals surface area contributed by atoms with Crippen LogP contribution in [0, 0.1) is 6.92 Å². The van der Waals surface area contributed by atoms with Crippen LogP contribution in [0.25, 0.3) is 0 Å². The molecular weight excluding hydrogens is 260 g/mol. The third kappa shape index (κ3) is 2.41. The van der Waals surface area contributed by atoms with E-state index in [0.717, 1.165) is 18.1 Å². The van der Waals surface area contributed by atoms with E-state index in [1.807, 2.05) is 18.2 Å². The second kappa shape index (κ2) is 5.13.